The van der Waals surface area contributed by atoms with Crippen LogP contribution in [0.4, 0.5) is 11.4 Å². The van der Waals surface area contributed by atoms with E-state index in [0.717, 1.165) is 18.5 Å². The second kappa shape index (κ2) is 7.99. The van der Waals surface area contributed by atoms with E-state index in [9.17, 15) is 19.7 Å². The van der Waals surface area contributed by atoms with Crippen molar-refractivity contribution in [1.82, 2.24) is 5.32 Å². The minimum Gasteiger partial charge on any atom is -0.352 e. The van der Waals surface area contributed by atoms with E-state index in [-0.39, 0.29) is 30.5 Å². The Bertz CT molecular complexity index is 877. The molecule has 0 bridgehead atoms. The number of anilines is 1. The number of nitrogens with zero attached hydrogens (tertiary/aromatic N) is 2. The number of nitro benzene ring substituents is 1. The number of nitrogens with one attached hydrogen (secondary N) is 1. The van der Waals surface area contributed by atoms with Gasteiger partial charge in [-0.3, -0.25) is 19.7 Å². The number of amides is 2. The van der Waals surface area contributed by atoms with Crippen LogP contribution in [-0.4, -0.2) is 29.8 Å². The molecule has 1 heterocycles. The average Bonchev–Trinajstić information content (AvgIpc) is 2.67. The maximum atomic E-state index is 12.6. The van der Waals surface area contributed by atoms with Crippen LogP contribution in [0.15, 0.2) is 42.5 Å². The molecule has 3 rings (SSSR count). The molecular weight excluding hydrogens is 346 g/mol. The molecule has 140 valence electrons. The summed E-state index contributed by atoms with van der Waals surface area (Å²) in [5.74, 6) is -0.379. The van der Waals surface area contributed by atoms with Gasteiger partial charge in [-0.05, 0) is 43.5 Å². The SMILES string of the molecule is Cc1ccc2c(c1)CCCN2C(=O)CCNC(=O)c1ccc([N+](=O)[O-])cc1. The maximum absolute atomic E-state index is 12.6. The quantitative estimate of drug-likeness (QED) is 0.649. The molecule has 2 amide bonds. The minimum atomic E-state index is -0.516. The van der Waals surface area contributed by atoms with Crippen LogP contribution >= 0.6 is 0 Å². The summed E-state index contributed by atoms with van der Waals surface area (Å²) in [6, 6.07) is 11.5. The van der Waals surface area contributed by atoms with Crippen LogP contribution in [0.3, 0.4) is 0 Å². The lowest BCUT2D eigenvalue weighted by Gasteiger charge is -2.30. The number of hydrogen-bond donors (Lipinski definition) is 1. The van der Waals surface area contributed by atoms with Crippen molar-refractivity contribution in [3.8, 4) is 0 Å². The van der Waals surface area contributed by atoms with E-state index >= 15 is 0 Å². The van der Waals surface area contributed by atoms with Crippen LogP contribution in [0.2, 0.25) is 0 Å². The Morgan fingerprint density at radius 1 is 1.19 bits per heavy atom. The molecule has 0 unspecified atom stereocenters. The van der Waals surface area contributed by atoms with Crippen LogP contribution < -0.4 is 10.2 Å². The Morgan fingerprint density at radius 2 is 1.93 bits per heavy atom. The first kappa shape index (κ1) is 18.6. The fourth-order valence-corrected chi connectivity index (χ4v) is 3.24. The van der Waals surface area contributed by atoms with E-state index in [1.165, 1.54) is 35.4 Å². The number of carbonyl (C=O) groups is 2. The number of nitro groups is 1. The molecule has 0 saturated heterocycles. The van der Waals surface area contributed by atoms with Crippen molar-refractivity contribution in [2.75, 3.05) is 18.0 Å². The summed E-state index contributed by atoms with van der Waals surface area (Å²) in [7, 11) is 0. The number of carbonyl (C=O) groups excluding carboxylic acids is 2. The number of benzene rings is 2. The van der Waals surface area contributed by atoms with Gasteiger partial charge in [0.05, 0.1) is 4.92 Å². The Hall–Kier alpha value is -3.22. The fourth-order valence-electron chi connectivity index (χ4n) is 3.24. The van der Waals surface area contributed by atoms with Crippen molar-refractivity contribution in [3.05, 3.63) is 69.3 Å². The molecule has 7 heteroatoms. The first-order chi connectivity index (χ1) is 13.0. The summed E-state index contributed by atoms with van der Waals surface area (Å²) in [4.78, 5) is 36.6. The summed E-state index contributed by atoms with van der Waals surface area (Å²) in [6.07, 6.45) is 2.10. The van der Waals surface area contributed by atoms with Crippen molar-refractivity contribution in [2.45, 2.75) is 26.2 Å². The van der Waals surface area contributed by atoms with Gasteiger partial charge in [0, 0.05) is 42.9 Å². The second-order valence-corrected chi connectivity index (χ2v) is 6.59. The van der Waals surface area contributed by atoms with Gasteiger partial charge in [0.2, 0.25) is 5.91 Å². The topological polar surface area (TPSA) is 92.6 Å². The molecule has 0 aliphatic carbocycles. The monoisotopic (exact) mass is 367 g/mol. The predicted molar refractivity (Wildman–Crippen MR) is 102 cm³/mol. The van der Waals surface area contributed by atoms with Crippen molar-refractivity contribution in [3.63, 3.8) is 0 Å². The van der Waals surface area contributed by atoms with E-state index in [1.54, 1.807) is 4.90 Å². The predicted octanol–water partition coefficient (Wildman–Crippen LogP) is 3.00. The molecule has 2 aromatic carbocycles. The van der Waals surface area contributed by atoms with Crippen LogP contribution in [0.25, 0.3) is 0 Å². The summed E-state index contributed by atoms with van der Waals surface area (Å²) >= 11 is 0. The molecule has 1 aliphatic heterocycles. The highest BCUT2D eigenvalue weighted by molar-refractivity contribution is 5.96. The van der Waals surface area contributed by atoms with Gasteiger partial charge in [0.25, 0.3) is 11.6 Å². The number of fused-ring (bicyclic) bond motifs is 1. The zero-order chi connectivity index (χ0) is 19.4. The number of rotatable bonds is 5. The van der Waals surface area contributed by atoms with Gasteiger partial charge in [-0.2, -0.15) is 0 Å². The molecule has 0 spiro atoms. The Balaban J connectivity index is 1.56. The van der Waals surface area contributed by atoms with Gasteiger partial charge in [0.1, 0.15) is 0 Å². The number of hydrogen-bond acceptors (Lipinski definition) is 4. The number of aryl methyl sites for hydroxylation is 2. The first-order valence-electron chi connectivity index (χ1n) is 8.88. The molecule has 27 heavy (non-hydrogen) atoms. The maximum Gasteiger partial charge on any atom is 0.269 e. The third kappa shape index (κ3) is 4.31. The standard InChI is InChI=1S/C20H21N3O4/c1-14-4-9-18-16(13-14)3-2-12-22(18)19(24)10-11-21-20(25)15-5-7-17(8-6-15)23(26)27/h4-9,13H,2-3,10-12H2,1H3,(H,21,25). The highest BCUT2D eigenvalue weighted by Gasteiger charge is 2.22. The van der Waals surface area contributed by atoms with E-state index in [1.807, 2.05) is 19.1 Å². The molecule has 1 N–H and O–H groups in total. The summed E-state index contributed by atoms with van der Waals surface area (Å²) < 4.78 is 0. The molecule has 0 aromatic heterocycles. The molecule has 1 aliphatic rings. The fraction of sp³-hybridized carbons (Fsp3) is 0.300. The van der Waals surface area contributed by atoms with Gasteiger partial charge in [0.15, 0.2) is 0 Å². The molecule has 0 radical (unpaired) electrons. The first-order valence-corrected chi connectivity index (χ1v) is 8.88. The van der Waals surface area contributed by atoms with E-state index in [0.29, 0.717) is 12.1 Å². The van der Waals surface area contributed by atoms with E-state index in [2.05, 4.69) is 11.4 Å². The van der Waals surface area contributed by atoms with E-state index in [4.69, 9.17) is 0 Å². The van der Waals surface area contributed by atoms with Gasteiger partial charge < -0.3 is 10.2 Å². The second-order valence-electron chi connectivity index (χ2n) is 6.59. The lowest BCUT2D eigenvalue weighted by molar-refractivity contribution is -0.384. The third-order valence-electron chi connectivity index (χ3n) is 4.62. The van der Waals surface area contributed by atoms with Gasteiger partial charge >= 0.3 is 0 Å². The number of non-ortho nitro benzene ring substituents is 1. The van der Waals surface area contributed by atoms with E-state index < -0.39 is 4.92 Å². The molecular formula is C20H21N3O4. The Labute approximate surface area is 157 Å². The van der Waals surface area contributed by atoms with Crippen LogP contribution in [-0.2, 0) is 11.2 Å². The van der Waals surface area contributed by atoms with Gasteiger partial charge in [-0.25, -0.2) is 0 Å². The highest BCUT2D eigenvalue weighted by Crippen LogP contribution is 2.28. The van der Waals surface area contributed by atoms with Gasteiger partial charge in [-0.15, -0.1) is 0 Å². The molecule has 7 nitrogen and oxygen atoms in total. The third-order valence-corrected chi connectivity index (χ3v) is 4.62. The summed E-state index contributed by atoms with van der Waals surface area (Å²) in [5.41, 5.74) is 3.58. The summed E-state index contributed by atoms with van der Waals surface area (Å²) in [5, 5.41) is 13.3. The van der Waals surface area contributed by atoms with Gasteiger partial charge in [-0.1, -0.05) is 17.7 Å². The van der Waals surface area contributed by atoms with Crippen molar-refractivity contribution in [2.24, 2.45) is 0 Å². The highest BCUT2D eigenvalue weighted by atomic mass is 16.6. The Kier molecular flexibility index (Phi) is 5.49. The molecule has 0 fully saturated rings. The lowest BCUT2D eigenvalue weighted by atomic mass is 9.99. The Morgan fingerprint density at radius 3 is 2.63 bits per heavy atom. The normalized spacial score (nSPS) is 13.0. The molecule has 0 saturated carbocycles. The van der Waals surface area contributed by atoms with Crippen molar-refractivity contribution < 1.29 is 14.5 Å². The molecule has 2 aromatic rings. The van der Waals surface area contributed by atoms with Crippen LogP contribution in [0.1, 0.15) is 34.3 Å². The van der Waals surface area contributed by atoms with Crippen molar-refractivity contribution >= 4 is 23.2 Å². The van der Waals surface area contributed by atoms with Crippen molar-refractivity contribution in [1.29, 1.82) is 0 Å². The minimum absolute atomic E-state index is 0.0243. The lowest BCUT2D eigenvalue weighted by Crippen LogP contribution is -2.37. The largest absolute Gasteiger partial charge is 0.352 e. The average molecular weight is 367 g/mol. The summed E-state index contributed by atoms with van der Waals surface area (Å²) in [6.45, 7) is 2.94. The molecule has 0 atom stereocenters. The zero-order valence-electron chi connectivity index (χ0n) is 15.1. The van der Waals surface area contributed by atoms with Crippen LogP contribution in [0, 0.1) is 17.0 Å². The van der Waals surface area contributed by atoms with Crippen LogP contribution in [0.5, 0.6) is 0 Å². The zero-order valence-corrected chi connectivity index (χ0v) is 15.1. The smallest absolute Gasteiger partial charge is 0.269 e.